The highest BCUT2D eigenvalue weighted by Gasteiger charge is 2.30. The number of carbonyl (C=O) groups excluding carboxylic acids is 4. The summed E-state index contributed by atoms with van der Waals surface area (Å²) >= 11 is 0. The second-order valence-electron chi connectivity index (χ2n) is 30.2. The van der Waals surface area contributed by atoms with E-state index in [1.165, 1.54) is 250 Å². The van der Waals surface area contributed by atoms with Gasteiger partial charge in [-0.05, 0) is 37.5 Å². The Morgan fingerprint density at radius 2 is 0.505 bits per heavy atom. The third-order valence-corrected chi connectivity index (χ3v) is 21.5. The molecule has 0 aromatic rings. The molecule has 0 fully saturated rings. The van der Waals surface area contributed by atoms with Gasteiger partial charge < -0.3 is 33.8 Å². The molecule has 0 heterocycles. The number of unbranched alkanes of at least 4 members (excludes halogenated alkanes) is 50. The lowest BCUT2D eigenvalue weighted by atomic mass is 9.99. The van der Waals surface area contributed by atoms with Gasteiger partial charge in [-0.25, -0.2) is 9.13 Å². The van der Waals surface area contributed by atoms with E-state index in [0.717, 1.165) is 102 Å². The lowest BCUT2D eigenvalue weighted by Gasteiger charge is -2.21. The van der Waals surface area contributed by atoms with Crippen molar-refractivity contribution in [3.05, 3.63) is 0 Å². The highest BCUT2D eigenvalue weighted by molar-refractivity contribution is 7.47. The van der Waals surface area contributed by atoms with Crippen LogP contribution in [0.1, 0.15) is 433 Å². The second kappa shape index (κ2) is 73.6. The number of carbonyl (C=O) groups is 4. The number of hydrogen-bond donors (Lipinski definition) is 3. The lowest BCUT2D eigenvalue weighted by Crippen LogP contribution is -2.30. The molecule has 3 unspecified atom stereocenters. The summed E-state index contributed by atoms with van der Waals surface area (Å²) in [5.74, 6) is -0.463. The van der Waals surface area contributed by atoms with Gasteiger partial charge in [-0.1, -0.05) is 382 Å². The number of phosphoric ester groups is 2. The zero-order valence-corrected chi connectivity index (χ0v) is 68.0. The Labute approximate surface area is 619 Å². The van der Waals surface area contributed by atoms with Gasteiger partial charge in [0.25, 0.3) is 0 Å². The zero-order chi connectivity index (χ0) is 74.2. The van der Waals surface area contributed by atoms with Crippen LogP contribution >= 0.6 is 15.6 Å². The van der Waals surface area contributed by atoms with Gasteiger partial charge in [-0.3, -0.25) is 37.3 Å². The average Bonchev–Trinajstić information content (AvgIpc) is 0.952. The van der Waals surface area contributed by atoms with E-state index in [1.807, 2.05) is 0 Å². The number of aliphatic hydroxyl groups excluding tert-OH is 1. The van der Waals surface area contributed by atoms with E-state index in [1.54, 1.807) is 0 Å². The quantitative estimate of drug-likeness (QED) is 0.0222. The van der Waals surface area contributed by atoms with Crippen molar-refractivity contribution in [1.82, 2.24) is 0 Å². The molecule has 0 aromatic carbocycles. The van der Waals surface area contributed by atoms with Crippen LogP contribution in [0.25, 0.3) is 0 Å². The third kappa shape index (κ3) is 74.7. The predicted octanol–water partition coefficient (Wildman–Crippen LogP) is 24.7. The fourth-order valence-corrected chi connectivity index (χ4v) is 14.3. The van der Waals surface area contributed by atoms with Crippen molar-refractivity contribution in [3.63, 3.8) is 0 Å². The van der Waals surface area contributed by atoms with E-state index in [2.05, 4.69) is 41.5 Å². The van der Waals surface area contributed by atoms with Crippen molar-refractivity contribution in [3.8, 4) is 0 Å². The maximum absolute atomic E-state index is 13.1. The standard InChI is InChI=1S/C82H160O17P2/c1-7-10-12-14-16-18-20-28-35-42-48-54-60-66-81(86)98-77(70-92-79(84)64-58-52-46-40-34-21-19-17-15-13-11-8-2)72-96-100(88,89)94-68-76(83)69-95-101(90,91)97-73-78(71-93-80(85)65-59-53-47-41-37-31-32-38-44-50-56-62-74(4)5)99-82(87)67-61-55-49-43-36-30-27-25-23-22-24-26-29-33-39-45-51-57-63-75(6)9-3/h74-78,83H,7-73H2,1-6H3,(H,88,89)(H,90,91)/t75?,76-,77+,78+/m0/s1. The first-order valence-electron chi connectivity index (χ1n) is 42.5. The van der Waals surface area contributed by atoms with Crippen LogP contribution in [-0.2, 0) is 65.4 Å². The smallest absolute Gasteiger partial charge is 0.462 e. The molecule has 600 valence electrons. The largest absolute Gasteiger partial charge is 0.472 e. The molecule has 3 N–H and O–H groups in total. The number of aliphatic hydroxyl groups is 1. The van der Waals surface area contributed by atoms with Crippen LogP contribution < -0.4 is 0 Å². The fraction of sp³-hybridized carbons (Fsp3) is 0.951. The van der Waals surface area contributed by atoms with Gasteiger partial charge in [0.1, 0.15) is 19.3 Å². The van der Waals surface area contributed by atoms with Crippen LogP contribution in [0.15, 0.2) is 0 Å². The Morgan fingerprint density at radius 3 is 0.752 bits per heavy atom. The molecule has 0 amide bonds. The molecule has 0 aromatic heterocycles. The first kappa shape index (κ1) is 99.1. The van der Waals surface area contributed by atoms with Crippen molar-refractivity contribution < 1.29 is 80.2 Å². The Bertz CT molecular complexity index is 1940. The number of ether oxygens (including phenoxy) is 4. The van der Waals surface area contributed by atoms with E-state index in [0.29, 0.717) is 25.7 Å². The number of phosphoric acid groups is 2. The van der Waals surface area contributed by atoms with E-state index >= 15 is 0 Å². The summed E-state index contributed by atoms with van der Waals surface area (Å²) in [5, 5.41) is 10.6. The molecule has 17 nitrogen and oxygen atoms in total. The van der Waals surface area contributed by atoms with Crippen LogP contribution in [0.2, 0.25) is 0 Å². The highest BCUT2D eigenvalue weighted by atomic mass is 31.2. The van der Waals surface area contributed by atoms with Gasteiger partial charge in [0.05, 0.1) is 26.4 Å². The van der Waals surface area contributed by atoms with Crippen molar-refractivity contribution in [2.75, 3.05) is 39.6 Å². The molecule has 19 heteroatoms. The van der Waals surface area contributed by atoms with Gasteiger partial charge >= 0.3 is 39.5 Å². The van der Waals surface area contributed by atoms with Gasteiger partial charge in [-0.2, -0.15) is 0 Å². The van der Waals surface area contributed by atoms with Crippen LogP contribution in [0.4, 0.5) is 0 Å². The number of esters is 4. The highest BCUT2D eigenvalue weighted by Crippen LogP contribution is 2.45. The lowest BCUT2D eigenvalue weighted by molar-refractivity contribution is -0.161. The van der Waals surface area contributed by atoms with Gasteiger partial charge in [0.15, 0.2) is 12.2 Å². The van der Waals surface area contributed by atoms with Crippen LogP contribution in [0.3, 0.4) is 0 Å². The normalized spacial score (nSPS) is 14.2. The molecule has 0 rings (SSSR count). The van der Waals surface area contributed by atoms with Crippen LogP contribution in [-0.4, -0.2) is 96.7 Å². The molecule has 0 spiro atoms. The third-order valence-electron chi connectivity index (χ3n) is 19.6. The zero-order valence-electron chi connectivity index (χ0n) is 66.2. The minimum atomic E-state index is -4.96. The van der Waals surface area contributed by atoms with Crippen molar-refractivity contribution in [1.29, 1.82) is 0 Å². The molecule has 0 saturated carbocycles. The van der Waals surface area contributed by atoms with Gasteiger partial charge in [0, 0.05) is 25.7 Å². The van der Waals surface area contributed by atoms with E-state index in [9.17, 15) is 43.2 Å². The van der Waals surface area contributed by atoms with Gasteiger partial charge in [-0.15, -0.1) is 0 Å². The maximum Gasteiger partial charge on any atom is 0.472 e. The molecule has 0 saturated heterocycles. The topological polar surface area (TPSA) is 237 Å². The minimum absolute atomic E-state index is 0.108. The van der Waals surface area contributed by atoms with Crippen LogP contribution in [0.5, 0.6) is 0 Å². The molecule has 6 atom stereocenters. The molecule has 0 aliphatic heterocycles. The summed E-state index contributed by atoms with van der Waals surface area (Å²) in [6, 6.07) is 0. The van der Waals surface area contributed by atoms with Crippen LogP contribution in [0, 0.1) is 11.8 Å². The molecule has 101 heavy (non-hydrogen) atoms. The monoisotopic (exact) mass is 1480 g/mol. The summed E-state index contributed by atoms with van der Waals surface area (Å²) in [6.45, 7) is 9.72. The summed E-state index contributed by atoms with van der Waals surface area (Å²) in [6.07, 6.45) is 63.7. The van der Waals surface area contributed by atoms with E-state index < -0.39 is 97.5 Å². The Balaban J connectivity index is 5.22. The summed E-state index contributed by atoms with van der Waals surface area (Å²) < 4.78 is 68.7. The molecule has 0 aliphatic rings. The second-order valence-corrected chi connectivity index (χ2v) is 33.1. The molecular weight excluding hydrogens is 1320 g/mol. The Morgan fingerprint density at radius 1 is 0.287 bits per heavy atom. The predicted molar refractivity (Wildman–Crippen MR) is 414 cm³/mol. The number of rotatable bonds is 81. The van der Waals surface area contributed by atoms with Crippen molar-refractivity contribution in [2.45, 2.75) is 452 Å². The van der Waals surface area contributed by atoms with Crippen molar-refractivity contribution in [2.24, 2.45) is 11.8 Å². The van der Waals surface area contributed by atoms with Crippen molar-refractivity contribution >= 4 is 39.5 Å². The Hall–Kier alpha value is -1.94. The Kier molecular flexibility index (Phi) is 72.2. The first-order valence-corrected chi connectivity index (χ1v) is 45.5. The SMILES string of the molecule is CCCCCCCCCCCCCCCC(=O)O[C@H](COC(=O)CCCCCCCCCCCCCC)COP(=O)(O)OC[C@H](O)COP(=O)(O)OC[C@@H](COC(=O)CCCCCCCCCCCCCC(C)C)OC(=O)CCCCCCCCCCCCCCCCCCCCC(C)CC. The first-order chi connectivity index (χ1) is 48.9. The van der Waals surface area contributed by atoms with E-state index in [-0.39, 0.29) is 25.7 Å². The van der Waals surface area contributed by atoms with E-state index in [4.69, 9.17) is 37.0 Å². The average molecular weight is 1480 g/mol. The minimum Gasteiger partial charge on any atom is -0.462 e. The molecule has 0 bridgehead atoms. The summed E-state index contributed by atoms with van der Waals surface area (Å²) in [7, 11) is -9.92. The molecular formula is C82H160O17P2. The number of hydrogen-bond acceptors (Lipinski definition) is 15. The maximum atomic E-state index is 13.1. The molecule has 0 radical (unpaired) electrons. The molecule has 0 aliphatic carbocycles. The van der Waals surface area contributed by atoms with Gasteiger partial charge in [0.2, 0.25) is 0 Å². The summed E-state index contributed by atoms with van der Waals surface area (Å²) in [5.41, 5.74) is 0. The fourth-order valence-electron chi connectivity index (χ4n) is 12.7. The summed E-state index contributed by atoms with van der Waals surface area (Å²) in [4.78, 5) is 73.1.